The summed E-state index contributed by atoms with van der Waals surface area (Å²) in [5, 5.41) is 4.02. The smallest absolute Gasteiger partial charge is 0.347 e. The molecule has 2 aliphatic heterocycles. The highest BCUT2D eigenvalue weighted by Gasteiger charge is 2.37. The number of nitrogens with one attached hydrogen (secondary N) is 2. The minimum atomic E-state index is -0.719. The topological polar surface area (TPSA) is 99.8 Å². The van der Waals surface area contributed by atoms with Crippen LogP contribution in [-0.4, -0.2) is 70.3 Å². The molecule has 0 radical (unpaired) electrons. The Hall–Kier alpha value is -3.95. The van der Waals surface area contributed by atoms with Crippen molar-refractivity contribution in [2.24, 2.45) is 0 Å². The minimum absolute atomic E-state index is 0.0418. The first-order valence-electron chi connectivity index (χ1n) is 13.4. The number of carbonyl (C=O) groups excluding carboxylic acids is 2. The van der Waals surface area contributed by atoms with Crippen molar-refractivity contribution in [3.05, 3.63) is 76.6 Å². The van der Waals surface area contributed by atoms with Gasteiger partial charge in [-0.1, -0.05) is 12.1 Å². The Morgan fingerprint density at radius 1 is 1.23 bits per heavy atom. The molecule has 4 heterocycles. The Balaban J connectivity index is 1.34. The first-order valence-corrected chi connectivity index (χ1v) is 13.4. The number of hydrogen-bond acceptors (Lipinski definition) is 8. The van der Waals surface area contributed by atoms with E-state index in [0.29, 0.717) is 11.7 Å². The maximum atomic E-state index is 13.3. The molecule has 9 nitrogen and oxygen atoms in total. The van der Waals surface area contributed by atoms with Gasteiger partial charge in [0.2, 0.25) is 11.7 Å². The summed E-state index contributed by atoms with van der Waals surface area (Å²) >= 11 is 0. The van der Waals surface area contributed by atoms with Crippen LogP contribution in [0.4, 0.5) is 5.69 Å². The highest BCUT2D eigenvalue weighted by molar-refractivity contribution is 6.26. The molecule has 0 aliphatic carbocycles. The molecule has 1 saturated heterocycles. The van der Waals surface area contributed by atoms with Crippen molar-refractivity contribution >= 4 is 34.5 Å². The van der Waals surface area contributed by atoms with E-state index in [1.165, 1.54) is 5.56 Å². The fraction of sp³-hybridized carbons (Fsp3) is 0.367. The van der Waals surface area contributed by atoms with Crippen LogP contribution in [-0.2, 0) is 25.6 Å². The molecule has 0 spiro atoms. The van der Waals surface area contributed by atoms with Gasteiger partial charge < -0.3 is 19.8 Å². The molecule has 204 valence electrons. The molecule has 2 N–H and O–H groups in total. The number of esters is 1. The van der Waals surface area contributed by atoms with E-state index in [1.807, 2.05) is 25.1 Å². The first kappa shape index (κ1) is 26.6. The van der Waals surface area contributed by atoms with Crippen molar-refractivity contribution in [2.45, 2.75) is 40.3 Å². The lowest BCUT2D eigenvalue weighted by Crippen LogP contribution is -2.48. The first-order chi connectivity index (χ1) is 18.8. The van der Waals surface area contributed by atoms with Crippen molar-refractivity contribution in [2.75, 3.05) is 38.1 Å². The molecule has 0 unspecified atom stereocenters. The number of allylic oxidation sites excluding steroid dienone is 1. The maximum Gasteiger partial charge on any atom is 0.347 e. The van der Waals surface area contributed by atoms with Crippen LogP contribution in [0.3, 0.4) is 0 Å². The van der Waals surface area contributed by atoms with Crippen LogP contribution >= 0.6 is 0 Å². The molecule has 5 rings (SSSR count). The molecule has 1 aromatic carbocycles. The second kappa shape index (κ2) is 11.4. The summed E-state index contributed by atoms with van der Waals surface area (Å²) in [4.78, 5) is 38.4. The number of piperazine rings is 1. The Morgan fingerprint density at radius 3 is 2.74 bits per heavy atom. The third-order valence-corrected chi connectivity index (χ3v) is 7.22. The lowest BCUT2D eigenvalue weighted by atomic mass is 10.1. The number of rotatable bonds is 8. The number of aryl methyl sites for hydroxylation is 1. The number of pyridine rings is 1. The maximum absolute atomic E-state index is 13.3. The lowest BCUT2D eigenvalue weighted by molar-refractivity contribution is -0.139. The number of fused-ring (bicyclic) bond motifs is 1. The van der Waals surface area contributed by atoms with E-state index < -0.39 is 11.8 Å². The van der Waals surface area contributed by atoms with Crippen LogP contribution in [0.1, 0.15) is 37.5 Å². The van der Waals surface area contributed by atoms with Gasteiger partial charge in [0.1, 0.15) is 5.65 Å². The number of ether oxygens (including phenoxy) is 2. The second-order valence-electron chi connectivity index (χ2n) is 10.2. The summed E-state index contributed by atoms with van der Waals surface area (Å²) in [5.74, 6) is -1.13. The van der Waals surface area contributed by atoms with Gasteiger partial charge in [0.15, 0.2) is 11.3 Å². The average molecular weight is 530 g/mol. The van der Waals surface area contributed by atoms with Gasteiger partial charge in [0.05, 0.1) is 6.61 Å². The Morgan fingerprint density at radius 2 is 2.03 bits per heavy atom. The van der Waals surface area contributed by atoms with Gasteiger partial charge in [0, 0.05) is 67.8 Å². The van der Waals surface area contributed by atoms with Crippen molar-refractivity contribution in [3.8, 4) is 0 Å². The normalized spacial score (nSPS) is 17.9. The summed E-state index contributed by atoms with van der Waals surface area (Å²) in [6, 6.07) is 10.5. The van der Waals surface area contributed by atoms with Gasteiger partial charge >= 0.3 is 5.97 Å². The summed E-state index contributed by atoms with van der Waals surface area (Å²) in [7, 11) is 0. The molecule has 2 aromatic heterocycles. The molecule has 0 bridgehead atoms. The third-order valence-electron chi connectivity index (χ3n) is 7.22. The Bertz CT molecular complexity index is 1450. The van der Waals surface area contributed by atoms with E-state index in [-0.39, 0.29) is 23.8 Å². The number of H-pyrrole nitrogens is 1. The van der Waals surface area contributed by atoms with Crippen molar-refractivity contribution in [1.82, 2.24) is 19.8 Å². The quantitative estimate of drug-likeness (QED) is 0.254. The van der Waals surface area contributed by atoms with Crippen LogP contribution < -0.4 is 5.32 Å². The highest BCUT2D eigenvalue weighted by atomic mass is 16.5. The van der Waals surface area contributed by atoms with Crippen LogP contribution in [0.25, 0.3) is 17.1 Å². The van der Waals surface area contributed by atoms with Crippen LogP contribution in [0.5, 0.6) is 0 Å². The Kier molecular flexibility index (Phi) is 7.81. The highest BCUT2D eigenvalue weighted by Crippen LogP contribution is 2.31. The summed E-state index contributed by atoms with van der Waals surface area (Å²) < 4.78 is 11.1. The number of ketones is 1. The van der Waals surface area contributed by atoms with E-state index in [9.17, 15) is 9.59 Å². The number of carbonyl (C=O) groups is 2. The fourth-order valence-corrected chi connectivity index (χ4v) is 5.03. The molecular weight excluding hydrogens is 494 g/mol. The molecule has 2 aliphatic rings. The number of benzene rings is 1. The van der Waals surface area contributed by atoms with Crippen molar-refractivity contribution < 1.29 is 19.1 Å². The number of nitrogens with zero attached hydrogens (tertiary/aromatic N) is 3. The van der Waals surface area contributed by atoms with Crippen molar-refractivity contribution in [1.29, 1.82) is 0 Å². The SMILES string of the molecule is CCOC(=O)C1=C(Nc2ccc(CN3CCN(C(C)C)CC3)cc2C)O/C(=C\c2c[nH]c3ncccc23)C1=O. The van der Waals surface area contributed by atoms with Crippen LogP contribution in [0.15, 0.2) is 59.9 Å². The molecule has 39 heavy (non-hydrogen) atoms. The van der Waals surface area contributed by atoms with E-state index in [4.69, 9.17) is 9.47 Å². The number of aromatic nitrogens is 2. The van der Waals surface area contributed by atoms with Crippen molar-refractivity contribution in [3.63, 3.8) is 0 Å². The van der Waals surface area contributed by atoms with Gasteiger partial charge in [0.25, 0.3) is 0 Å². The minimum Gasteiger partial charge on any atom is -0.462 e. The van der Waals surface area contributed by atoms with Gasteiger partial charge in [-0.3, -0.25) is 14.6 Å². The zero-order chi connectivity index (χ0) is 27.5. The number of Topliss-reactive ketones (excluding diaryl/α,β-unsaturated/α-hetero) is 1. The summed E-state index contributed by atoms with van der Waals surface area (Å²) in [6.45, 7) is 13.5. The van der Waals surface area contributed by atoms with Gasteiger partial charge in [-0.15, -0.1) is 0 Å². The van der Waals surface area contributed by atoms with E-state index in [2.05, 4.69) is 51.1 Å². The summed E-state index contributed by atoms with van der Waals surface area (Å²) in [6.07, 6.45) is 5.06. The largest absolute Gasteiger partial charge is 0.462 e. The number of hydrogen-bond donors (Lipinski definition) is 2. The van der Waals surface area contributed by atoms with Crippen LogP contribution in [0.2, 0.25) is 0 Å². The molecule has 0 amide bonds. The summed E-state index contributed by atoms with van der Waals surface area (Å²) in [5.41, 5.74) is 4.25. The monoisotopic (exact) mass is 529 g/mol. The molecule has 3 aromatic rings. The molecular formula is C30H35N5O4. The fourth-order valence-electron chi connectivity index (χ4n) is 5.03. The lowest BCUT2D eigenvalue weighted by Gasteiger charge is -2.37. The zero-order valence-corrected chi connectivity index (χ0v) is 22.9. The predicted octanol–water partition coefficient (Wildman–Crippen LogP) is 4.22. The number of aromatic amines is 1. The van der Waals surface area contributed by atoms with Gasteiger partial charge in [-0.05, 0) is 63.1 Å². The molecule has 0 atom stereocenters. The van der Waals surface area contributed by atoms with E-state index in [0.717, 1.165) is 54.9 Å². The Labute approximate surface area is 228 Å². The third kappa shape index (κ3) is 5.74. The molecule has 0 saturated carbocycles. The van der Waals surface area contributed by atoms with Gasteiger partial charge in [-0.25, -0.2) is 9.78 Å². The molecule has 1 fully saturated rings. The predicted molar refractivity (Wildman–Crippen MR) is 151 cm³/mol. The average Bonchev–Trinajstić information content (AvgIpc) is 3.46. The standard InChI is InChI=1S/C30H35N5O4/c1-5-38-30(37)26-27(36)25(16-22-17-32-28-23(22)7-6-10-31-28)39-29(26)33-24-9-8-21(15-20(24)4)18-34-11-13-35(14-12-34)19(2)3/h6-10,15-17,19,33H,5,11-14,18H2,1-4H3,(H,31,32)/b25-16-. The van der Waals surface area contributed by atoms with Gasteiger partial charge in [-0.2, -0.15) is 0 Å². The van der Waals surface area contributed by atoms with E-state index >= 15 is 0 Å². The second-order valence-corrected chi connectivity index (χ2v) is 10.2. The van der Waals surface area contributed by atoms with E-state index in [1.54, 1.807) is 25.4 Å². The number of anilines is 1. The molecule has 9 heteroatoms. The zero-order valence-electron chi connectivity index (χ0n) is 22.9. The van der Waals surface area contributed by atoms with Crippen LogP contribution in [0, 0.1) is 6.92 Å².